The molecule has 0 rings (SSSR count). The second-order valence-corrected chi connectivity index (χ2v) is 31.3. The molecule has 0 aliphatic heterocycles. The fourth-order valence-electron chi connectivity index (χ4n) is 11.2. The molecule has 19 heteroatoms. The van der Waals surface area contributed by atoms with Crippen molar-refractivity contribution < 1.29 is 80.2 Å². The second-order valence-electron chi connectivity index (χ2n) is 28.4. The van der Waals surface area contributed by atoms with Crippen molar-refractivity contribution in [2.24, 2.45) is 23.7 Å². The lowest BCUT2D eigenvalue weighted by molar-refractivity contribution is -0.161. The van der Waals surface area contributed by atoms with Crippen molar-refractivity contribution in [1.82, 2.24) is 0 Å². The number of aliphatic hydroxyl groups is 1. The summed E-state index contributed by atoms with van der Waals surface area (Å²) >= 11 is 0. The van der Waals surface area contributed by atoms with Gasteiger partial charge in [0.05, 0.1) is 26.4 Å². The third-order valence-corrected chi connectivity index (χ3v) is 19.3. The number of carbonyl (C=O) groups is 4. The Hall–Kier alpha value is -1.94. The van der Waals surface area contributed by atoms with Crippen LogP contribution in [0.5, 0.6) is 0 Å². The van der Waals surface area contributed by atoms with E-state index >= 15 is 0 Å². The Bertz CT molecular complexity index is 1840. The SMILES string of the molecule is CCC(C)CCCCCCCCCCCCC(=O)O[C@H](COC(=O)CCCCCCCCCC(C)C)COP(=O)(O)OCC(O)COP(=O)(O)OC[C@@H](COC(=O)CCCCCCCCCCCCCCC(C)C)OC(=O)CCCCCCCCCCCCCC(C)C. The Balaban J connectivity index is 5.26. The molecule has 0 heterocycles. The van der Waals surface area contributed by atoms with E-state index in [1.807, 2.05) is 0 Å². The van der Waals surface area contributed by atoms with Crippen LogP contribution >= 0.6 is 15.6 Å². The molecule has 0 amide bonds. The summed E-state index contributed by atoms with van der Waals surface area (Å²) in [5.41, 5.74) is 0. The van der Waals surface area contributed by atoms with E-state index in [9.17, 15) is 43.2 Å². The maximum atomic E-state index is 13.1. The number of esters is 4. The summed E-state index contributed by atoms with van der Waals surface area (Å²) in [6.07, 6.45) is 47.1. The van der Waals surface area contributed by atoms with Gasteiger partial charge in [-0.2, -0.15) is 0 Å². The fourth-order valence-corrected chi connectivity index (χ4v) is 12.7. The molecule has 0 aromatic heterocycles. The van der Waals surface area contributed by atoms with Crippen molar-refractivity contribution >= 4 is 39.5 Å². The minimum Gasteiger partial charge on any atom is -0.462 e. The largest absolute Gasteiger partial charge is 0.472 e. The average molecular weight is 1370 g/mol. The van der Waals surface area contributed by atoms with Crippen LogP contribution in [-0.4, -0.2) is 96.7 Å². The number of hydrogen-bond donors (Lipinski definition) is 3. The number of phosphoric ester groups is 2. The predicted molar refractivity (Wildman–Crippen MR) is 377 cm³/mol. The van der Waals surface area contributed by atoms with Gasteiger partial charge in [0, 0.05) is 25.7 Å². The third-order valence-electron chi connectivity index (χ3n) is 17.4. The van der Waals surface area contributed by atoms with Crippen molar-refractivity contribution in [3.8, 4) is 0 Å². The molecule has 0 fully saturated rings. The molecule has 0 saturated carbocycles. The molecule has 4 unspecified atom stereocenters. The summed E-state index contributed by atoms with van der Waals surface area (Å²) < 4.78 is 68.5. The van der Waals surface area contributed by atoms with Gasteiger partial charge in [-0.1, -0.05) is 319 Å². The molecule has 0 aromatic rings. The molecule has 93 heavy (non-hydrogen) atoms. The lowest BCUT2D eigenvalue weighted by atomic mass is 9.99. The van der Waals surface area contributed by atoms with Crippen molar-refractivity contribution in [2.75, 3.05) is 39.6 Å². The molecule has 552 valence electrons. The molecule has 0 bridgehead atoms. The van der Waals surface area contributed by atoms with Crippen LogP contribution in [0.15, 0.2) is 0 Å². The van der Waals surface area contributed by atoms with E-state index < -0.39 is 97.5 Å². The van der Waals surface area contributed by atoms with Crippen LogP contribution in [-0.2, 0) is 65.4 Å². The highest BCUT2D eigenvalue weighted by Crippen LogP contribution is 2.45. The van der Waals surface area contributed by atoms with Crippen LogP contribution in [0.2, 0.25) is 0 Å². The molecule has 0 saturated heterocycles. The average Bonchev–Trinajstić information content (AvgIpc) is 2.76. The summed E-state index contributed by atoms with van der Waals surface area (Å²) in [5.74, 6) is 0.931. The van der Waals surface area contributed by atoms with E-state index in [-0.39, 0.29) is 25.7 Å². The molecule has 0 radical (unpaired) electrons. The highest BCUT2D eigenvalue weighted by Gasteiger charge is 2.30. The van der Waals surface area contributed by atoms with Crippen molar-refractivity contribution in [2.45, 2.75) is 388 Å². The van der Waals surface area contributed by atoms with E-state index in [2.05, 4.69) is 55.4 Å². The lowest BCUT2D eigenvalue weighted by Crippen LogP contribution is -2.30. The first-order valence-corrected chi connectivity index (χ1v) is 41.2. The van der Waals surface area contributed by atoms with Crippen LogP contribution in [0, 0.1) is 23.7 Å². The predicted octanol–water partition coefficient (Wildman–Crippen LogP) is 21.3. The Morgan fingerprint density at radius 1 is 0.301 bits per heavy atom. The van der Waals surface area contributed by atoms with E-state index in [4.69, 9.17) is 37.0 Å². The fraction of sp³-hybridized carbons (Fsp3) is 0.946. The zero-order chi connectivity index (χ0) is 68.9. The molecule has 0 aliphatic carbocycles. The van der Waals surface area contributed by atoms with E-state index in [0.29, 0.717) is 31.6 Å². The van der Waals surface area contributed by atoms with Gasteiger partial charge in [-0.25, -0.2) is 9.13 Å². The number of ether oxygens (including phenoxy) is 4. The van der Waals surface area contributed by atoms with Gasteiger partial charge in [0.25, 0.3) is 0 Å². The normalized spacial score (nSPS) is 14.5. The van der Waals surface area contributed by atoms with E-state index in [1.54, 1.807) is 0 Å². The molecule has 3 N–H and O–H groups in total. The second kappa shape index (κ2) is 63.5. The van der Waals surface area contributed by atoms with Gasteiger partial charge >= 0.3 is 39.5 Å². The number of rotatable bonds is 71. The van der Waals surface area contributed by atoms with Crippen LogP contribution < -0.4 is 0 Å². The Labute approximate surface area is 568 Å². The Morgan fingerprint density at radius 3 is 0.763 bits per heavy atom. The summed E-state index contributed by atoms with van der Waals surface area (Å²) in [7, 11) is -9.91. The van der Waals surface area contributed by atoms with Crippen LogP contribution in [0.4, 0.5) is 0 Å². The smallest absolute Gasteiger partial charge is 0.462 e. The summed E-state index contributed by atoms with van der Waals surface area (Å²) in [6.45, 7) is 14.2. The van der Waals surface area contributed by atoms with Crippen LogP contribution in [0.25, 0.3) is 0 Å². The molecule has 17 nitrogen and oxygen atoms in total. The Morgan fingerprint density at radius 2 is 0.516 bits per heavy atom. The van der Waals surface area contributed by atoms with Crippen molar-refractivity contribution in [3.63, 3.8) is 0 Å². The van der Waals surface area contributed by atoms with Gasteiger partial charge in [-0.3, -0.25) is 37.3 Å². The zero-order valence-electron chi connectivity index (χ0n) is 60.9. The van der Waals surface area contributed by atoms with Gasteiger partial charge in [0.2, 0.25) is 0 Å². The van der Waals surface area contributed by atoms with Crippen molar-refractivity contribution in [1.29, 1.82) is 0 Å². The highest BCUT2D eigenvalue weighted by atomic mass is 31.2. The first-order chi connectivity index (χ1) is 44.6. The number of hydrogen-bond acceptors (Lipinski definition) is 15. The minimum atomic E-state index is -4.96. The van der Waals surface area contributed by atoms with Gasteiger partial charge in [-0.15, -0.1) is 0 Å². The number of phosphoric acid groups is 2. The number of unbranched alkanes of at least 4 members (excludes halogenated alkanes) is 36. The molecular formula is C74H144O17P2. The highest BCUT2D eigenvalue weighted by molar-refractivity contribution is 7.47. The number of carbonyl (C=O) groups excluding carboxylic acids is 4. The van der Waals surface area contributed by atoms with Crippen LogP contribution in [0.3, 0.4) is 0 Å². The number of aliphatic hydroxyl groups excluding tert-OH is 1. The third kappa shape index (κ3) is 67.0. The van der Waals surface area contributed by atoms with Crippen LogP contribution in [0.1, 0.15) is 370 Å². The van der Waals surface area contributed by atoms with Gasteiger partial charge in [0.15, 0.2) is 12.2 Å². The minimum absolute atomic E-state index is 0.105. The zero-order valence-corrected chi connectivity index (χ0v) is 62.7. The first-order valence-electron chi connectivity index (χ1n) is 38.2. The summed E-state index contributed by atoms with van der Waals surface area (Å²) in [6, 6.07) is 0. The summed E-state index contributed by atoms with van der Waals surface area (Å²) in [4.78, 5) is 72.7. The quantitative estimate of drug-likeness (QED) is 0.0222. The monoisotopic (exact) mass is 1370 g/mol. The van der Waals surface area contributed by atoms with Crippen molar-refractivity contribution in [3.05, 3.63) is 0 Å². The van der Waals surface area contributed by atoms with Gasteiger partial charge < -0.3 is 33.8 Å². The molecule has 0 aromatic carbocycles. The Kier molecular flexibility index (Phi) is 62.2. The molecule has 6 atom stereocenters. The molecule has 0 spiro atoms. The van der Waals surface area contributed by atoms with Gasteiger partial charge in [0.1, 0.15) is 19.3 Å². The molecule has 0 aliphatic rings. The van der Waals surface area contributed by atoms with Gasteiger partial charge in [-0.05, 0) is 49.4 Å². The maximum Gasteiger partial charge on any atom is 0.472 e. The maximum absolute atomic E-state index is 13.1. The molecular weight excluding hydrogens is 1220 g/mol. The standard InChI is InChI=1S/C74H144O17P2/c1-9-67(8)53-45-37-29-21-17-18-24-32-41-49-57-74(79)91-70(61-85-72(77)55-47-39-33-25-28-36-44-52-66(6)7)63-89-93(82,83)87-59-68(75)58-86-92(80,81)88-62-69(90-73(78)56-48-40-31-23-16-12-14-20-27-35-43-51-65(4)5)60-84-71(76)54-46-38-30-22-15-11-10-13-19-26-34-42-50-64(2)3/h64-70,75H,9-63H2,1-8H3,(H,80,81)(H,82,83)/t67?,68?,69-,70-/m1/s1. The first kappa shape index (κ1) is 91.1. The summed E-state index contributed by atoms with van der Waals surface area (Å²) in [5, 5.41) is 10.6. The topological polar surface area (TPSA) is 237 Å². The van der Waals surface area contributed by atoms with E-state index in [1.165, 1.54) is 167 Å². The lowest BCUT2D eigenvalue weighted by Gasteiger charge is -2.21. The van der Waals surface area contributed by atoms with E-state index in [0.717, 1.165) is 114 Å².